The number of halogens is 3. The van der Waals surface area contributed by atoms with Crippen LogP contribution in [0.3, 0.4) is 0 Å². The Morgan fingerprint density at radius 3 is 2.65 bits per heavy atom. The molecule has 0 saturated carbocycles. The molecule has 0 spiro atoms. The molecule has 0 aliphatic carbocycles. The van der Waals surface area contributed by atoms with E-state index in [1.165, 1.54) is 11.3 Å². The number of nitrogen functional groups attached to an aromatic ring is 1. The predicted molar refractivity (Wildman–Crippen MR) is 69.0 cm³/mol. The molecule has 2 aromatic rings. The summed E-state index contributed by atoms with van der Waals surface area (Å²) in [6.07, 6.45) is -2.91. The van der Waals surface area contributed by atoms with E-state index in [2.05, 4.69) is 20.3 Å². The van der Waals surface area contributed by atoms with Crippen LogP contribution in [-0.2, 0) is 12.7 Å². The minimum Gasteiger partial charge on any atom is -0.365 e. The SMILES string of the molecule is Cc1ncc(CNc2cc(C(F)(F)F)nc(NN)n2)s1. The summed E-state index contributed by atoms with van der Waals surface area (Å²) in [4.78, 5) is 12.0. The van der Waals surface area contributed by atoms with Crippen molar-refractivity contribution in [1.29, 1.82) is 0 Å². The molecule has 0 aliphatic heterocycles. The number of nitrogens with one attached hydrogen (secondary N) is 2. The lowest BCUT2D eigenvalue weighted by molar-refractivity contribution is -0.141. The lowest BCUT2D eigenvalue weighted by atomic mass is 10.3. The third kappa shape index (κ3) is 3.54. The van der Waals surface area contributed by atoms with E-state index in [1.54, 1.807) is 6.20 Å². The largest absolute Gasteiger partial charge is 0.433 e. The molecule has 0 atom stereocenters. The third-order valence-corrected chi connectivity index (χ3v) is 3.17. The van der Waals surface area contributed by atoms with Crippen LogP contribution in [0.5, 0.6) is 0 Å². The highest BCUT2D eigenvalue weighted by atomic mass is 32.1. The third-order valence-electron chi connectivity index (χ3n) is 2.26. The number of thiazole rings is 1. The van der Waals surface area contributed by atoms with E-state index in [-0.39, 0.29) is 11.8 Å². The van der Waals surface area contributed by atoms with E-state index in [9.17, 15) is 13.2 Å². The number of nitrogens with two attached hydrogens (primary N) is 1. The zero-order valence-electron chi connectivity index (χ0n) is 10.3. The van der Waals surface area contributed by atoms with E-state index < -0.39 is 11.9 Å². The maximum Gasteiger partial charge on any atom is 0.433 e. The Bertz CT molecular complexity index is 597. The van der Waals surface area contributed by atoms with Crippen LogP contribution in [0.4, 0.5) is 24.9 Å². The van der Waals surface area contributed by atoms with Gasteiger partial charge < -0.3 is 5.32 Å². The topological polar surface area (TPSA) is 88.8 Å². The van der Waals surface area contributed by atoms with Crippen LogP contribution >= 0.6 is 11.3 Å². The summed E-state index contributed by atoms with van der Waals surface area (Å²) in [6, 6.07) is 0.828. The van der Waals surface area contributed by atoms with Crippen molar-refractivity contribution in [2.24, 2.45) is 5.84 Å². The minimum atomic E-state index is -4.56. The number of nitrogens with zero attached hydrogens (tertiary/aromatic N) is 3. The van der Waals surface area contributed by atoms with Crippen molar-refractivity contribution in [3.63, 3.8) is 0 Å². The van der Waals surface area contributed by atoms with Crippen molar-refractivity contribution in [2.45, 2.75) is 19.6 Å². The Kier molecular flexibility index (Phi) is 4.04. The lowest BCUT2D eigenvalue weighted by Crippen LogP contribution is -2.16. The van der Waals surface area contributed by atoms with E-state index in [1.807, 2.05) is 12.3 Å². The van der Waals surface area contributed by atoms with Crippen molar-refractivity contribution in [1.82, 2.24) is 15.0 Å². The number of aromatic nitrogens is 3. The molecule has 0 aliphatic rings. The molecular weight excluding hydrogens is 293 g/mol. The Morgan fingerprint density at radius 2 is 2.10 bits per heavy atom. The zero-order chi connectivity index (χ0) is 14.8. The van der Waals surface area contributed by atoms with Gasteiger partial charge in [-0.3, -0.25) is 5.43 Å². The second-order valence-electron chi connectivity index (χ2n) is 3.80. The molecule has 0 fully saturated rings. The first kappa shape index (κ1) is 14.5. The molecule has 0 radical (unpaired) electrons. The summed E-state index contributed by atoms with van der Waals surface area (Å²) in [5.74, 6) is 4.79. The fourth-order valence-electron chi connectivity index (χ4n) is 1.41. The van der Waals surface area contributed by atoms with Gasteiger partial charge in [-0.05, 0) is 6.92 Å². The van der Waals surface area contributed by atoms with Gasteiger partial charge in [0.15, 0.2) is 5.69 Å². The molecule has 108 valence electrons. The van der Waals surface area contributed by atoms with Gasteiger partial charge in [0.1, 0.15) is 5.82 Å². The molecule has 0 unspecified atom stereocenters. The average Bonchev–Trinajstić information content (AvgIpc) is 2.81. The number of hydrogen-bond acceptors (Lipinski definition) is 7. The van der Waals surface area contributed by atoms with Gasteiger partial charge in [0.25, 0.3) is 0 Å². The molecule has 20 heavy (non-hydrogen) atoms. The smallest absolute Gasteiger partial charge is 0.365 e. The molecule has 4 N–H and O–H groups in total. The average molecular weight is 304 g/mol. The maximum atomic E-state index is 12.7. The molecule has 10 heteroatoms. The highest BCUT2D eigenvalue weighted by Gasteiger charge is 2.33. The quantitative estimate of drug-likeness (QED) is 0.592. The van der Waals surface area contributed by atoms with Gasteiger partial charge in [0, 0.05) is 17.1 Å². The molecule has 2 rings (SSSR count). The number of hydrogen-bond donors (Lipinski definition) is 3. The molecule has 0 amide bonds. The Hall–Kier alpha value is -1.94. The summed E-state index contributed by atoms with van der Waals surface area (Å²) >= 11 is 1.45. The number of aryl methyl sites for hydroxylation is 1. The van der Waals surface area contributed by atoms with E-state index >= 15 is 0 Å². The van der Waals surface area contributed by atoms with Crippen LogP contribution in [0.1, 0.15) is 15.6 Å². The number of alkyl halides is 3. The summed E-state index contributed by atoms with van der Waals surface area (Å²) in [5.41, 5.74) is 0.944. The van der Waals surface area contributed by atoms with E-state index in [4.69, 9.17) is 5.84 Å². The van der Waals surface area contributed by atoms with Gasteiger partial charge in [-0.25, -0.2) is 15.8 Å². The monoisotopic (exact) mass is 304 g/mol. The van der Waals surface area contributed by atoms with Crippen LogP contribution in [0.2, 0.25) is 0 Å². The first-order valence-electron chi connectivity index (χ1n) is 5.46. The zero-order valence-corrected chi connectivity index (χ0v) is 11.1. The molecular formula is C10H11F3N6S. The highest BCUT2D eigenvalue weighted by Crippen LogP contribution is 2.29. The van der Waals surface area contributed by atoms with Crippen molar-refractivity contribution in [2.75, 3.05) is 10.7 Å². The van der Waals surface area contributed by atoms with Gasteiger partial charge in [0.05, 0.1) is 11.6 Å². The summed E-state index contributed by atoms with van der Waals surface area (Å²) < 4.78 is 38.0. The van der Waals surface area contributed by atoms with Gasteiger partial charge in [-0.1, -0.05) is 0 Å². The van der Waals surface area contributed by atoms with Crippen LogP contribution in [0, 0.1) is 6.92 Å². The Labute approximate surface area is 116 Å². The fourth-order valence-corrected chi connectivity index (χ4v) is 2.15. The van der Waals surface area contributed by atoms with Crippen molar-refractivity contribution in [3.8, 4) is 0 Å². The van der Waals surface area contributed by atoms with Crippen molar-refractivity contribution >= 4 is 23.1 Å². The van der Waals surface area contributed by atoms with Gasteiger partial charge in [-0.2, -0.15) is 18.2 Å². The molecule has 0 bridgehead atoms. The first-order chi connectivity index (χ1) is 9.38. The second kappa shape index (κ2) is 5.59. The van der Waals surface area contributed by atoms with Crippen LogP contribution in [0.25, 0.3) is 0 Å². The number of hydrazine groups is 1. The van der Waals surface area contributed by atoms with Crippen molar-refractivity contribution < 1.29 is 13.2 Å². The lowest BCUT2D eigenvalue weighted by Gasteiger charge is -2.10. The van der Waals surface area contributed by atoms with Crippen LogP contribution in [-0.4, -0.2) is 15.0 Å². The summed E-state index contributed by atoms with van der Waals surface area (Å²) in [6.45, 7) is 2.17. The van der Waals surface area contributed by atoms with Crippen LogP contribution < -0.4 is 16.6 Å². The maximum absolute atomic E-state index is 12.7. The first-order valence-corrected chi connectivity index (χ1v) is 6.28. The van der Waals surface area contributed by atoms with Gasteiger partial charge >= 0.3 is 6.18 Å². The highest BCUT2D eigenvalue weighted by molar-refractivity contribution is 7.11. The number of rotatable bonds is 4. The van der Waals surface area contributed by atoms with Gasteiger partial charge in [-0.15, -0.1) is 11.3 Å². The predicted octanol–water partition coefficient (Wildman–Crippen LogP) is 2.16. The fraction of sp³-hybridized carbons (Fsp3) is 0.300. The standard InChI is InChI=1S/C10H11F3N6S/c1-5-15-3-6(20-5)4-16-8-2-7(10(11,12)13)17-9(18-8)19-14/h2-3H,4,14H2,1H3,(H2,16,17,18,19). The molecule has 6 nitrogen and oxygen atoms in total. The van der Waals surface area contributed by atoms with Crippen LogP contribution in [0.15, 0.2) is 12.3 Å². The van der Waals surface area contributed by atoms with E-state index in [0.717, 1.165) is 16.0 Å². The minimum absolute atomic E-state index is 0.0336. The normalized spacial score (nSPS) is 11.4. The van der Waals surface area contributed by atoms with E-state index in [0.29, 0.717) is 6.54 Å². The molecule has 2 heterocycles. The molecule has 0 aromatic carbocycles. The molecule has 2 aromatic heterocycles. The Morgan fingerprint density at radius 1 is 1.35 bits per heavy atom. The molecule has 0 saturated heterocycles. The Balaban J connectivity index is 2.18. The summed E-state index contributed by atoms with van der Waals surface area (Å²) in [5, 5.41) is 3.66. The van der Waals surface area contributed by atoms with Gasteiger partial charge in [0.2, 0.25) is 5.95 Å². The second-order valence-corrected chi connectivity index (χ2v) is 5.12. The van der Waals surface area contributed by atoms with Crippen molar-refractivity contribution in [3.05, 3.63) is 27.8 Å². The summed E-state index contributed by atoms with van der Waals surface area (Å²) in [7, 11) is 0. The number of anilines is 2.